The van der Waals surface area contributed by atoms with Crippen LogP contribution < -0.4 is 11.3 Å². The van der Waals surface area contributed by atoms with Gasteiger partial charge in [0.25, 0.3) is 0 Å². The van der Waals surface area contributed by atoms with Crippen molar-refractivity contribution in [2.75, 3.05) is 0 Å². The molecule has 0 aliphatic carbocycles. The zero-order valence-electron chi connectivity index (χ0n) is 18.0. The van der Waals surface area contributed by atoms with Crippen LogP contribution in [0.5, 0.6) is 0 Å². The Morgan fingerprint density at radius 2 is 0.840 bits per heavy atom. The van der Waals surface area contributed by atoms with Crippen molar-refractivity contribution < 1.29 is 0 Å². The molecule has 0 heterocycles. The van der Waals surface area contributed by atoms with Crippen LogP contribution in [-0.2, 0) is 0 Å². The molecule has 0 fully saturated rings. The Labute approximate surface area is 160 Å². The molecule has 0 rings (SSSR count). The van der Waals surface area contributed by atoms with Gasteiger partial charge in [-0.1, -0.05) is 124 Å². The summed E-state index contributed by atoms with van der Waals surface area (Å²) in [6, 6.07) is 0. The maximum absolute atomic E-state index is 5.88. The Bertz CT molecular complexity index is 246. The SMILES string of the molecule is CCCCCCCCCCCCCCCCC(CCC)(CCC)NN. The number of rotatable bonds is 20. The van der Waals surface area contributed by atoms with Crippen molar-refractivity contribution in [3.8, 4) is 0 Å². The fourth-order valence-corrected chi connectivity index (χ4v) is 4.21. The third-order valence-corrected chi connectivity index (χ3v) is 5.77. The summed E-state index contributed by atoms with van der Waals surface area (Å²) in [5.41, 5.74) is 3.37. The molecule has 0 bridgehead atoms. The third kappa shape index (κ3) is 14.7. The number of nitrogens with one attached hydrogen (secondary N) is 1. The monoisotopic (exact) mass is 354 g/mol. The second kappa shape index (κ2) is 18.7. The van der Waals surface area contributed by atoms with E-state index in [1.54, 1.807) is 0 Å². The molecular formula is C23H50N2. The molecule has 0 unspecified atom stereocenters. The highest BCUT2D eigenvalue weighted by molar-refractivity contribution is 4.85. The average Bonchev–Trinajstić information content (AvgIpc) is 2.62. The molecule has 25 heavy (non-hydrogen) atoms. The minimum absolute atomic E-state index is 0.209. The van der Waals surface area contributed by atoms with Crippen LogP contribution in [0.25, 0.3) is 0 Å². The van der Waals surface area contributed by atoms with Crippen LogP contribution in [0.1, 0.15) is 143 Å². The van der Waals surface area contributed by atoms with E-state index in [1.807, 2.05) is 0 Å². The maximum Gasteiger partial charge on any atom is 0.0321 e. The van der Waals surface area contributed by atoms with E-state index in [0.29, 0.717) is 0 Å². The van der Waals surface area contributed by atoms with Crippen LogP contribution in [0.4, 0.5) is 0 Å². The minimum atomic E-state index is 0.209. The maximum atomic E-state index is 5.88. The first-order chi connectivity index (χ1) is 12.2. The van der Waals surface area contributed by atoms with Gasteiger partial charge < -0.3 is 0 Å². The van der Waals surface area contributed by atoms with Crippen LogP contribution in [0, 0.1) is 0 Å². The Hall–Kier alpha value is -0.0800. The molecule has 2 nitrogen and oxygen atoms in total. The molecule has 0 atom stereocenters. The van der Waals surface area contributed by atoms with Crippen LogP contribution in [-0.4, -0.2) is 5.54 Å². The minimum Gasteiger partial charge on any atom is -0.271 e. The van der Waals surface area contributed by atoms with Gasteiger partial charge in [-0.05, 0) is 19.3 Å². The topological polar surface area (TPSA) is 38.0 Å². The molecule has 0 aromatic carbocycles. The predicted molar refractivity (Wildman–Crippen MR) is 115 cm³/mol. The smallest absolute Gasteiger partial charge is 0.0321 e. The molecule has 0 spiro atoms. The molecule has 152 valence electrons. The third-order valence-electron chi connectivity index (χ3n) is 5.77. The van der Waals surface area contributed by atoms with E-state index in [1.165, 1.54) is 122 Å². The summed E-state index contributed by atoms with van der Waals surface area (Å²) in [6.07, 6.45) is 26.2. The van der Waals surface area contributed by atoms with E-state index < -0.39 is 0 Å². The standard InChI is InChI=1S/C23H50N2/c1-4-7-8-9-10-11-12-13-14-15-16-17-18-19-22-23(25-24,20-5-2)21-6-3/h25H,4-22,24H2,1-3H3. The van der Waals surface area contributed by atoms with Crippen LogP contribution in [0.3, 0.4) is 0 Å². The van der Waals surface area contributed by atoms with Crippen molar-refractivity contribution >= 4 is 0 Å². The highest BCUT2D eigenvalue weighted by atomic mass is 15.3. The quantitative estimate of drug-likeness (QED) is 0.134. The highest BCUT2D eigenvalue weighted by Gasteiger charge is 2.25. The Morgan fingerprint density at radius 1 is 0.480 bits per heavy atom. The van der Waals surface area contributed by atoms with E-state index in [0.717, 1.165) is 0 Å². The Balaban J connectivity index is 3.42. The van der Waals surface area contributed by atoms with Gasteiger partial charge in [0.05, 0.1) is 0 Å². The fourth-order valence-electron chi connectivity index (χ4n) is 4.21. The first-order valence-electron chi connectivity index (χ1n) is 11.7. The molecule has 0 aromatic rings. The molecule has 0 aliphatic heterocycles. The van der Waals surface area contributed by atoms with Gasteiger partial charge >= 0.3 is 0 Å². The molecule has 2 heteroatoms. The second-order valence-electron chi connectivity index (χ2n) is 8.27. The Kier molecular flexibility index (Phi) is 18.6. The van der Waals surface area contributed by atoms with E-state index >= 15 is 0 Å². The van der Waals surface area contributed by atoms with Gasteiger partial charge in [-0.2, -0.15) is 0 Å². The first-order valence-corrected chi connectivity index (χ1v) is 11.7. The molecular weight excluding hydrogens is 304 g/mol. The number of unbranched alkanes of at least 4 members (excludes halogenated alkanes) is 13. The van der Waals surface area contributed by atoms with Crippen molar-refractivity contribution in [2.24, 2.45) is 5.84 Å². The lowest BCUT2D eigenvalue weighted by atomic mass is 9.84. The highest BCUT2D eigenvalue weighted by Crippen LogP contribution is 2.26. The number of hydrogen-bond donors (Lipinski definition) is 2. The van der Waals surface area contributed by atoms with Gasteiger partial charge in [0.2, 0.25) is 0 Å². The first kappa shape index (κ1) is 24.9. The second-order valence-corrected chi connectivity index (χ2v) is 8.27. The predicted octanol–water partition coefficient (Wildman–Crippen LogP) is 7.66. The number of nitrogens with two attached hydrogens (primary N) is 1. The molecule has 0 amide bonds. The van der Waals surface area contributed by atoms with Gasteiger partial charge in [-0.15, -0.1) is 0 Å². The van der Waals surface area contributed by atoms with Crippen molar-refractivity contribution in [3.05, 3.63) is 0 Å². The largest absolute Gasteiger partial charge is 0.271 e. The fraction of sp³-hybridized carbons (Fsp3) is 1.00. The molecule has 0 saturated carbocycles. The number of hydrogen-bond acceptors (Lipinski definition) is 2. The van der Waals surface area contributed by atoms with Crippen LogP contribution in [0.2, 0.25) is 0 Å². The lowest BCUT2D eigenvalue weighted by molar-refractivity contribution is 0.250. The van der Waals surface area contributed by atoms with Gasteiger partial charge in [0, 0.05) is 5.54 Å². The van der Waals surface area contributed by atoms with Crippen molar-refractivity contribution in [1.82, 2.24) is 5.43 Å². The lowest BCUT2D eigenvalue weighted by Gasteiger charge is -2.33. The van der Waals surface area contributed by atoms with E-state index in [4.69, 9.17) is 5.84 Å². The summed E-state index contributed by atoms with van der Waals surface area (Å²) in [7, 11) is 0. The summed E-state index contributed by atoms with van der Waals surface area (Å²) in [6.45, 7) is 6.84. The van der Waals surface area contributed by atoms with Crippen LogP contribution >= 0.6 is 0 Å². The zero-order valence-corrected chi connectivity index (χ0v) is 18.0. The van der Waals surface area contributed by atoms with Gasteiger partial charge in [-0.25, -0.2) is 0 Å². The van der Waals surface area contributed by atoms with Gasteiger partial charge in [0.1, 0.15) is 0 Å². The van der Waals surface area contributed by atoms with Gasteiger partial charge in [0.15, 0.2) is 0 Å². The molecule has 0 aromatic heterocycles. The molecule has 0 radical (unpaired) electrons. The van der Waals surface area contributed by atoms with E-state index in [-0.39, 0.29) is 5.54 Å². The summed E-state index contributed by atoms with van der Waals surface area (Å²) < 4.78 is 0. The van der Waals surface area contributed by atoms with Crippen molar-refractivity contribution in [1.29, 1.82) is 0 Å². The number of hydrazine groups is 1. The Morgan fingerprint density at radius 3 is 1.16 bits per heavy atom. The van der Waals surface area contributed by atoms with Gasteiger partial charge in [-0.3, -0.25) is 11.3 Å². The van der Waals surface area contributed by atoms with Crippen LogP contribution in [0.15, 0.2) is 0 Å². The van der Waals surface area contributed by atoms with E-state index in [2.05, 4.69) is 26.2 Å². The average molecular weight is 355 g/mol. The summed E-state index contributed by atoms with van der Waals surface area (Å²) in [5.74, 6) is 5.88. The van der Waals surface area contributed by atoms with Crippen molar-refractivity contribution in [3.63, 3.8) is 0 Å². The summed E-state index contributed by atoms with van der Waals surface area (Å²) in [4.78, 5) is 0. The van der Waals surface area contributed by atoms with Crippen molar-refractivity contribution in [2.45, 2.75) is 148 Å². The summed E-state index contributed by atoms with van der Waals surface area (Å²) >= 11 is 0. The normalized spacial score (nSPS) is 12.0. The van der Waals surface area contributed by atoms with E-state index in [9.17, 15) is 0 Å². The zero-order chi connectivity index (χ0) is 18.6. The molecule has 0 aliphatic rings. The molecule has 3 N–H and O–H groups in total. The molecule has 0 saturated heterocycles. The summed E-state index contributed by atoms with van der Waals surface area (Å²) in [5, 5.41) is 0. The lowest BCUT2D eigenvalue weighted by Crippen LogP contribution is -2.49.